The van der Waals surface area contributed by atoms with Gasteiger partial charge in [-0.1, -0.05) is 6.07 Å². The number of aryl methyl sites for hydroxylation is 1. The summed E-state index contributed by atoms with van der Waals surface area (Å²) >= 11 is 1.61. The third kappa shape index (κ3) is 3.39. The van der Waals surface area contributed by atoms with Crippen LogP contribution in [0.4, 0.5) is 0 Å². The zero-order chi connectivity index (χ0) is 17.2. The Kier molecular flexibility index (Phi) is 4.19. The summed E-state index contributed by atoms with van der Waals surface area (Å²) in [4.78, 5) is 15.5. The molecule has 0 radical (unpaired) electrons. The summed E-state index contributed by atoms with van der Waals surface area (Å²) in [5, 5.41) is 17.1. The maximum atomic E-state index is 12.6. The first-order chi connectivity index (χ1) is 12.2. The van der Waals surface area contributed by atoms with Crippen LogP contribution in [0, 0.1) is 6.92 Å². The number of hydrogen-bond donors (Lipinski definition) is 1. The van der Waals surface area contributed by atoms with Gasteiger partial charge in [-0.25, -0.2) is 0 Å². The van der Waals surface area contributed by atoms with Crippen molar-refractivity contribution in [1.29, 1.82) is 0 Å². The fraction of sp³-hybridized carbons (Fsp3) is 0.294. The van der Waals surface area contributed by atoms with Crippen molar-refractivity contribution < 1.29 is 9.53 Å². The molecule has 7 nitrogen and oxygen atoms in total. The van der Waals surface area contributed by atoms with E-state index < -0.39 is 0 Å². The fourth-order valence-electron chi connectivity index (χ4n) is 2.78. The maximum Gasteiger partial charge on any atom is 0.274 e. The highest BCUT2D eigenvalue weighted by Gasteiger charge is 2.29. The largest absolute Gasteiger partial charge is 0.471 e. The predicted octanol–water partition coefficient (Wildman–Crippen LogP) is 2.53. The molecule has 8 heteroatoms. The minimum absolute atomic E-state index is 0.0725. The maximum absolute atomic E-state index is 12.6. The molecule has 0 aliphatic carbocycles. The average Bonchev–Trinajstić information content (AvgIpc) is 3.37. The van der Waals surface area contributed by atoms with Crippen molar-refractivity contribution in [3.05, 3.63) is 47.1 Å². The molecule has 4 rings (SSSR count). The number of amides is 1. The van der Waals surface area contributed by atoms with Crippen molar-refractivity contribution in [2.45, 2.75) is 19.4 Å². The predicted molar refractivity (Wildman–Crippen MR) is 93.6 cm³/mol. The Labute approximate surface area is 148 Å². The Morgan fingerprint density at radius 3 is 3.04 bits per heavy atom. The quantitative estimate of drug-likeness (QED) is 0.777. The molecule has 4 heterocycles. The molecule has 1 saturated heterocycles. The average molecular weight is 355 g/mol. The number of likely N-dealkylation sites (tertiary alicyclic amines) is 1. The molecular weight excluding hydrogens is 338 g/mol. The van der Waals surface area contributed by atoms with E-state index in [-0.39, 0.29) is 12.0 Å². The molecule has 128 valence electrons. The Morgan fingerprint density at radius 1 is 1.36 bits per heavy atom. The van der Waals surface area contributed by atoms with Crippen molar-refractivity contribution in [1.82, 2.24) is 25.3 Å². The van der Waals surface area contributed by atoms with Crippen molar-refractivity contribution in [2.24, 2.45) is 0 Å². The molecule has 25 heavy (non-hydrogen) atoms. The van der Waals surface area contributed by atoms with E-state index in [0.717, 1.165) is 22.7 Å². The van der Waals surface area contributed by atoms with Crippen LogP contribution in [-0.2, 0) is 0 Å². The van der Waals surface area contributed by atoms with Crippen LogP contribution in [0.1, 0.15) is 22.6 Å². The highest BCUT2D eigenvalue weighted by molar-refractivity contribution is 7.13. The van der Waals surface area contributed by atoms with Crippen LogP contribution in [0.5, 0.6) is 5.88 Å². The number of nitrogens with one attached hydrogen (secondary N) is 1. The summed E-state index contributed by atoms with van der Waals surface area (Å²) in [6, 6.07) is 9.42. The summed E-state index contributed by atoms with van der Waals surface area (Å²) in [5.74, 6) is 0.407. The van der Waals surface area contributed by atoms with Gasteiger partial charge in [0, 0.05) is 19.0 Å². The smallest absolute Gasteiger partial charge is 0.274 e. The van der Waals surface area contributed by atoms with E-state index in [9.17, 15) is 4.79 Å². The molecular formula is C17H17N5O2S. The Morgan fingerprint density at radius 2 is 2.28 bits per heavy atom. The second-order valence-corrected chi connectivity index (χ2v) is 6.88. The first kappa shape index (κ1) is 15.8. The van der Waals surface area contributed by atoms with Gasteiger partial charge in [0.25, 0.3) is 5.91 Å². The zero-order valence-electron chi connectivity index (χ0n) is 13.7. The normalized spacial score (nSPS) is 17.0. The Balaban J connectivity index is 1.39. The summed E-state index contributed by atoms with van der Waals surface area (Å²) in [5.41, 5.74) is 2.13. The number of carbonyl (C=O) groups excluding carboxylic acids is 1. The Bertz CT molecular complexity index is 860. The van der Waals surface area contributed by atoms with Crippen LogP contribution in [0.2, 0.25) is 0 Å². The van der Waals surface area contributed by atoms with E-state index >= 15 is 0 Å². The first-order valence-electron chi connectivity index (χ1n) is 8.04. The molecule has 1 aliphatic heterocycles. The molecule has 1 amide bonds. The highest BCUT2D eigenvalue weighted by atomic mass is 32.1. The second kappa shape index (κ2) is 6.64. The highest BCUT2D eigenvalue weighted by Crippen LogP contribution is 2.24. The molecule has 0 aromatic carbocycles. The summed E-state index contributed by atoms with van der Waals surface area (Å²) in [7, 11) is 0. The van der Waals surface area contributed by atoms with Gasteiger partial charge in [-0.15, -0.1) is 16.4 Å². The molecule has 1 aliphatic rings. The van der Waals surface area contributed by atoms with Gasteiger partial charge >= 0.3 is 0 Å². The number of rotatable bonds is 4. The summed E-state index contributed by atoms with van der Waals surface area (Å²) < 4.78 is 5.82. The van der Waals surface area contributed by atoms with Crippen molar-refractivity contribution >= 4 is 17.2 Å². The molecule has 1 atom stereocenters. The summed E-state index contributed by atoms with van der Waals surface area (Å²) in [6.07, 6.45) is 0.695. The zero-order valence-corrected chi connectivity index (χ0v) is 14.5. The molecule has 0 bridgehead atoms. The van der Waals surface area contributed by atoms with Crippen molar-refractivity contribution in [2.75, 3.05) is 13.1 Å². The van der Waals surface area contributed by atoms with E-state index in [2.05, 4.69) is 20.4 Å². The van der Waals surface area contributed by atoms with Gasteiger partial charge in [-0.2, -0.15) is 10.2 Å². The third-order valence-corrected chi connectivity index (χ3v) is 4.98. The number of H-pyrrole nitrogens is 1. The van der Waals surface area contributed by atoms with Crippen LogP contribution < -0.4 is 4.74 Å². The lowest BCUT2D eigenvalue weighted by Crippen LogP contribution is -2.31. The lowest BCUT2D eigenvalue weighted by Gasteiger charge is -2.15. The lowest BCUT2D eigenvalue weighted by atomic mass is 10.3. The standard InChI is InChI=1S/C17H17N5O2S/c1-11-4-5-16(21-18-11)24-12-6-7-22(10-12)17(23)14-9-13(19-20-14)15-3-2-8-25-15/h2-5,8-9,12H,6-7,10H2,1H3,(H,19,20). The first-order valence-corrected chi connectivity index (χ1v) is 8.92. The van der Waals surface area contributed by atoms with Crippen molar-refractivity contribution in [3.8, 4) is 16.5 Å². The molecule has 3 aromatic heterocycles. The monoisotopic (exact) mass is 355 g/mol. The topological polar surface area (TPSA) is 84.0 Å². The van der Waals surface area contributed by atoms with E-state index in [1.54, 1.807) is 28.4 Å². The molecule has 0 spiro atoms. The van der Waals surface area contributed by atoms with E-state index in [1.807, 2.05) is 30.5 Å². The lowest BCUT2D eigenvalue weighted by molar-refractivity contribution is 0.0765. The van der Waals surface area contributed by atoms with Crippen molar-refractivity contribution in [3.63, 3.8) is 0 Å². The van der Waals surface area contributed by atoms with Gasteiger partial charge in [0.05, 0.1) is 22.8 Å². The van der Waals surface area contributed by atoms with Gasteiger partial charge in [0.15, 0.2) is 5.69 Å². The van der Waals surface area contributed by atoms with Gasteiger partial charge in [-0.3, -0.25) is 9.89 Å². The molecule has 1 N–H and O–H groups in total. The molecule has 0 saturated carbocycles. The molecule has 1 fully saturated rings. The van der Waals surface area contributed by atoms with E-state index in [4.69, 9.17) is 4.74 Å². The van der Waals surface area contributed by atoms with Gasteiger partial charge < -0.3 is 9.64 Å². The Hall–Kier alpha value is -2.74. The number of thiophene rings is 1. The summed E-state index contributed by atoms with van der Waals surface area (Å²) in [6.45, 7) is 3.04. The van der Waals surface area contributed by atoms with Crippen LogP contribution in [-0.4, -0.2) is 50.4 Å². The minimum atomic E-state index is -0.0832. The van der Waals surface area contributed by atoms with Crippen LogP contribution in [0.15, 0.2) is 35.7 Å². The number of aromatic amines is 1. The number of carbonyl (C=O) groups is 1. The number of hydrogen-bond acceptors (Lipinski definition) is 6. The SMILES string of the molecule is Cc1ccc(OC2CCN(C(=O)c3cc(-c4cccs4)[nH]n3)C2)nn1. The fourth-order valence-corrected chi connectivity index (χ4v) is 3.47. The molecule has 3 aromatic rings. The number of nitrogens with zero attached hydrogens (tertiary/aromatic N) is 4. The molecule has 1 unspecified atom stereocenters. The second-order valence-electron chi connectivity index (χ2n) is 5.94. The third-order valence-electron chi connectivity index (χ3n) is 4.08. The van der Waals surface area contributed by atoms with Crippen LogP contribution in [0.25, 0.3) is 10.6 Å². The van der Waals surface area contributed by atoms with Gasteiger partial charge in [-0.05, 0) is 30.5 Å². The number of aromatic nitrogens is 4. The number of ether oxygens (including phenoxy) is 1. The van der Waals surface area contributed by atoms with E-state index in [1.165, 1.54) is 0 Å². The van der Waals surface area contributed by atoms with Gasteiger partial charge in [0.2, 0.25) is 5.88 Å². The minimum Gasteiger partial charge on any atom is -0.471 e. The van der Waals surface area contributed by atoms with Gasteiger partial charge in [0.1, 0.15) is 6.10 Å². The van der Waals surface area contributed by atoms with Crippen LogP contribution in [0.3, 0.4) is 0 Å². The van der Waals surface area contributed by atoms with Crippen LogP contribution >= 0.6 is 11.3 Å². The van der Waals surface area contributed by atoms with E-state index in [0.29, 0.717) is 24.7 Å².